The van der Waals surface area contributed by atoms with Gasteiger partial charge in [0.15, 0.2) is 0 Å². The van der Waals surface area contributed by atoms with Gasteiger partial charge in [-0.05, 0) is 35.2 Å². The van der Waals surface area contributed by atoms with E-state index >= 15 is 0 Å². The Kier molecular flexibility index (Phi) is 5.46. The minimum Gasteiger partial charge on any atom is -0.334 e. The Bertz CT molecular complexity index is 1120. The zero-order chi connectivity index (χ0) is 24.1. The molecule has 2 atom stereocenters. The number of halogens is 3. The number of nitrogens with one attached hydrogen (secondary N) is 1. The first-order valence-corrected chi connectivity index (χ1v) is 10.6. The van der Waals surface area contributed by atoms with Gasteiger partial charge in [-0.15, -0.1) is 0 Å². The zero-order valence-corrected chi connectivity index (χ0v) is 18.4. The van der Waals surface area contributed by atoms with Crippen LogP contribution >= 0.6 is 0 Å². The summed E-state index contributed by atoms with van der Waals surface area (Å²) in [7, 11) is 1.58. The quantitative estimate of drug-likeness (QED) is 0.751. The van der Waals surface area contributed by atoms with Crippen molar-refractivity contribution in [2.45, 2.75) is 37.9 Å². The van der Waals surface area contributed by atoms with Crippen LogP contribution in [0.2, 0.25) is 0 Å². The third-order valence-electron chi connectivity index (χ3n) is 6.25. The summed E-state index contributed by atoms with van der Waals surface area (Å²) < 4.78 is 38.4. The number of benzene rings is 2. The molecular weight excluding hydrogens is 435 g/mol. The minimum absolute atomic E-state index is 0.0832. The molecule has 0 saturated carbocycles. The number of hydrogen-bond donors (Lipinski definition) is 1. The molecule has 4 rings (SSSR count). The summed E-state index contributed by atoms with van der Waals surface area (Å²) in [6.07, 6.45) is -5.15. The van der Waals surface area contributed by atoms with Gasteiger partial charge in [-0.2, -0.15) is 13.2 Å². The van der Waals surface area contributed by atoms with Crippen molar-refractivity contribution < 1.29 is 27.6 Å². The molecule has 174 valence electrons. The third kappa shape index (κ3) is 3.65. The standard InChI is InChI=1S/C24H24F3N3O3/c1-14(2)13-30-19(31)12-23(20(30)15-7-5-4-6-8-15)17-11-16(28-21(32)24(25,26)27)9-10-18(17)29(3)22(23)33/h4-11,14,20H,12-13H2,1-3H3,(H,28,32)/t20?,23-/m1/s1. The van der Waals surface area contributed by atoms with E-state index in [1.807, 2.05) is 49.5 Å². The molecule has 0 bridgehead atoms. The van der Waals surface area contributed by atoms with Crippen molar-refractivity contribution in [3.8, 4) is 0 Å². The van der Waals surface area contributed by atoms with Gasteiger partial charge in [0.05, 0.1) is 6.04 Å². The van der Waals surface area contributed by atoms with E-state index in [9.17, 15) is 27.6 Å². The van der Waals surface area contributed by atoms with Crippen LogP contribution in [0.25, 0.3) is 0 Å². The Hall–Kier alpha value is -3.36. The molecule has 33 heavy (non-hydrogen) atoms. The van der Waals surface area contributed by atoms with Crippen LogP contribution in [0, 0.1) is 5.92 Å². The molecule has 0 radical (unpaired) electrons. The fourth-order valence-electron chi connectivity index (χ4n) is 4.97. The molecule has 1 saturated heterocycles. The number of hydrogen-bond acceptors (Lipinski definition) is 3. The van der Waals surface area contributed by atoms with Crippen LogP contribution in [0.3, 0.4) is 0 Å². The van der Waals surface area contributed by atoms with Gasteiger partial charge >= 0.3 is 12.1 Å². The molecule has 2 aromatic carbocycles. The number of likely N-dealkylation sites (tertiary alicyclic amines) is 1. The molecule has 2 aliphatic heterocycles. The highest BCUT2D eigenvalue weighted by atomic mass is 19.4. The maximum absolute atomic E-state index is 13.7. The van der Waals surface area contributed by atoms with E-state index in [-0.39, 0.29) is 29.8 Å². The Balaban J connectivity index is 1.89. The van der Waals surface area contributed by atoms with E-state index in [2.05, 4.69) is 0 Å². The molecule has 2 heterocycles. The summed E-state index contributed by atoms with van der Waals surface area (Å²) >= 11 is 0. The SMILES string of the molecule is CC(C)CN1C(=O)C[C@]2(C(=O)N(C)c3ccc(NC(=O)C(F)(F)F)cc32)C1c1ccccc1. The number of fused-ring (bicyclic) bond motifs is 2. The Labute approximate surface area is 189 Å². The summed E-state index contributed by atoms with van der Waals surface area (Å²) in [5, 5.41) is 1.86. The van der Waals surface area contributed by atoms with Gasteiger partial charge < -0.3 is 15.1 Å². The molecule has 0 aromatic heterocycles. The zero-order valence-electron chi connectivity index (χ0n) is 18.4. The molecule has 2 aromatic rings. The molecule has 3 amide bonds. The number of amides is 3. The topological polar surface area (TPSA) is 69.7 Å². The van der Waals surface area contributed by atoms with Gasteiger partial charge in [-0.25, -0.2) is 0 Å². The van der Waals surface area contributed by atoms with Gasteiger partial charge in [0.2, 0.25) is 11.8 Å². The largest absolute Gasteiger partial charge is 0.471 e. The number of alkyl halides is 3. The number of anilines is 2. The van der Waals surface area contributed by atoms with Crippen molar-refractivity contribution in [2.24, 2.45) is 5.92 Å². The lowest BCUT2D eigenvalue weighted by Gasteiger charge is -2.35. The van der Waals surface area contributed by atoms with Gasteiger partial charge in [-0.1, -0.05) is 44.2 Å². The van der Waals surface area contributed by atoms with E-state index in [0.29, 0.717) is 17.8 Å². The number of likely N-dealkylation sites (N-methyl/N-ethyl adjacent to an activating group) is 1. The van der Waals surface area contributed by atoms with Crippen molar-refractivity contribution in [3.05, 3.63) is 59.7 Å². The number of nitrogens with zero attached hydrogens (tertiary/aromatic N) is 2. The molecular formula is C24H24F3N3O3. The van der Waals surface area contributed by atoms with E-state index < -0.39 is 23.5 Å². The summed E-state index contributed by atoms with van der Waals surface area (Å²) in [6.45, 7) is 4.38. The number of carbonyl (C=O) groups excluding carboxylic acids is 3. The highest BCUT2D eigenvalue weighted by Crippen LogP contribution is 2.57. The van der Waals surface area contributed by atoms with Gasteiger partial charge in [0.1, 0.15) is 5.41 Å². The first kappa shape index (κ1) is 22.8. The lowest BCUT2D eigenvalue weighted by molar-refractivity contribution is -0.167. The lowest BCUT2D eigenvalue weighted by atomic mass is 9.72. The molecule has 1 fully saturated rings. The van der Waals surface area contributed by atoms with E-state index in [0.717, 1.165) is 5.56 Å². The Morgan fingerprint density at radius 1 is 1.15 bits per heavy atom. The lowest BCUT2D eigenvalue weighted by Crippen LogP contribution is -2.44. The van der Waals surface area contributed by atoms with E-state index in [1.165, 1.54) is 23.1 Å². The summed E-state index contributed by atoms with van der Waals surface area (Å²) in [6, 6.07) is 12.8. The first-order chi connectivity index (χ1) is 15.5. The summed E-state index contributed by atoms with van der Waals surface area (Å²) in [4.78, 5) is 41.6. The second-order valence-corrected chi connectivity index (χ2v) is 8.95. The summed E-state index contributed by atoms with van der Waals surface area (Å²) in [5.74, 6) is -2.46. The number of carbonyl (C=O) groups is 3. The van der Waals surface area contributed by atoms with Crippen molar-refractivity contribution in [1.29, 1.82) is 0 Å². The fraction of sp³-hybridized carbons (Fsp3) is 0.375. The molecule has 6 nitrogen and oxygen atoms in total. The molecule has 9 heteroatoms. The second-order valence-electron chi connectivity index (χ2n) is 8.95. The van der Waals surface area contributed by atoms with E-state index in [1.54, 1.807) is 11.9 Å². The van der Waals surface area contributed by atoms with Crippen LogP contribution in [0.15, 0.2) is 48.5 Å². The molecule has 1 unspecified atom stereocenters. The van der Waals surface area contributed by atoms with Crippen LogP contribution in [-0.4, -0.2) is 42.4 Å². The molecule has 2 aliphatic rings. The second kappa shape index (κ2) is 7.90. The Morgan fingerprint density at radius 2 is 1.82 bits per heavy atom. The van der Waals surface area contributed by atoms with Crippen LogP contribution < -0.4 is 10.2 Å². The highest BCUT2D eigenvalue weighted by Gasteiger charge is 2.63. The molecule has 1 spiro atoms. The average Bonchev–Trinajstić information content (AvgIpc) is 3.14. The van der Waals surface area contributed by atoms with Gasteiger partial charge in [0.25, 0.3) is 0 Å². The van der Waals surface area contributed by atoms with Crippen LogP contribution in [0.4, 0.5) is 24.5 Å². The van der Waals surface area contributed by atoms with Crippen molar-refractivity contribution in [1.82, 2.24) is 4.90 Å². The predicted molar refractivity (Wildman–Crippen MR) is 117 cm³/mol. The highest BCUT2D eigenvalue weighted by molar-refractivity contribution is 6.12. The van der Waals surface area contributed by atoms with Crippen LogP contribution in [0.1, 0.15) is 37.4 Å². The van der Waals surface area contributed by atoms with Gasteiger partial charge in [-0.3, -0.25) is 14.4 Å². The van der Waals surface area contributed by atoms with Gasteiger partial charge in [0, 0.05) is 31.4 Å². The monoisotopic (exact) mass is 459 g/mol. The van der Waals surface area contributed by atoms with Crippen LogP contribution in [0.5, 0.6) is 0 Å². The predicted octanol–water partition coefficient (Wildman–Crippen LogP) is 4.03. The van der Waals surface area contributed by atoms with Crippen molar-refractivity contribution in [3.63, 3.8) is 0 Å². The maximum atomic E-state index is 13.7. The summed E-state index contributed by atoms with van der Waals surface area (Å²) in [5.41, 5.74) is 0.313. The van der Waals surface area contributed by atoms with Crippen LogP contribution in [-0.2, 0) is 19.8 Å². The van der Waals surface area contributed by atoms with Crippen molar-refractivity contribution in [2.75, 3.05) is 23.8 Å². The number of rotatable bonds is 4. The maximum Gasteiger partial charge on any atom is 0.471 e. The minimum atomic E-state index is -5.05. The smallest absolute Gasteiger partial charge is 0.334 e. The van der Waals surface area contributed by atoms with Crippen molar-refractivity contribution >= 4 is 29.1 Å². The molecule has 0 aliphatic carbocycles. The average molecular weight is 459 g/mol. The Morgan fingerprint density at radius 3 is 2.42 bits per heavy atom. The van der Waals surface area contributed by atoms with E-state index in [4.69, 9.17) is 0 Å². The normalized spacial score (nSPS) is 22.5. The fourth-order valence-corrected chi connectivity index (χ4v) is 4.97. The third-order valence-corrected chi connectivity index (χ3v) is 6.25. The molecule has 1 N–H and O–H groups in total. The first-order valence-electron chi connectivity index (χ1n) is 10.6.